The molecule has 0 radical (unpaired) electrons. The van der Waals surface area contributed by atoms with Crippen molar-refractivity contribution in [1.29, 1.82) is 0 Å². The van der Waals surface area contributed by atoms with Crippen molar-refractivity contribution >= 4 is 6.03 Å². The first-order chi connectivity index (χ1) is 9.66. The van der Waals surface area contributed by atoms with Crippen molar-refractivity contribution in [3.8, 4) is 0 Å². The Balaban J connectivity index is 1.88. The zero-order chi connectivity index (χ0) is 14.4. The van der Waals surface area contributed by atoms with Gasteiger partial charge in [0.05, 0.1) is 0 Å². The average molecular weight is 272 g/mol. The number of halogens is 1. The SMILES string of the molecule is CN(Cc1ccccc1F)C(=O)NCc1ccccc1. The van der Waals surface area contributed by atoms with Gasteiger partial charge in [-0.05, 0) is 11.6 Å². The van der Waals surface area contributed by atoms with Crippen molar-refractivity contribution in [2.24, 2.45) is 0 Å². The van der Waals surface area contributed by atoms with Crippen LogP contribution in [0, 0.1) is 5.82 Å². The zero-order valence-electron chi connectivity index (χ0n) is 11.3. The molecule has 0 spiro atoms. The Morgan fingerprint density at radius 3 is 2.45 bits per heavy atom. The fourth-order valence-corrected chi connectivity index (χ4v) is 1.86. The molecule has 2 amide bonds. The summed E-state index contributed by atoms with van der Waals surface area (Å²) in [6.45, 7) is 0.703. The summed E-state index contributed by atoms with van der Waals surface area (Å²) in [4.78, 5) is 13.4. The van der Waals surface area contributed by atoms with Gasteiger partial charge in [0.1, 0.15) is 5.82 Å². The number of rotatable bonds is 4. The quantitative estimate of drug-likeness (QED) is 0.911. The van der Waals surface area contributed by atoms with Gasteiger partial charge in [-0.3, -0.25) is 0 Å². The number of hydrogen-bond donors (Lipinski definition) is 1. The lowest BCUT2D eigenvalue weighted by atomic mass is 10.2. The third-order valence-electron chi connectivity index (χ3n) is 3.00. The van der Waals surface area contributed by atoms with Crippen LogP contribution in [-0.4, -0.2) is 18.0 Å². The van der Waals surface area contributed by atoms with E-state index in [9.17, 15) is 9.18 Å². The lowest BCUT2D eigenvalue weighted by molar-refractivity contribution is 0.206. The molecule has 0 unspecified atom stereocenters. The molecule has 1 N–H and O–H groups in total. The highest BCUT2D eigenvalue weighted by Gasteiger charge is 2.10. The molecule has 0 aliphatic carbocycles. The van der Waals surface area contributed by atoms with Gasteiger partial charge in [-0.1, -0.05) is 48.5 Å². The summed E-state index contributed by atoms with van der Waals surface area (Å²) in [7, 11) is 1.65. The number of hydrogen-bond acceptors (Lipinski definition) is 1. The van der Waals surface area contributed by atoms with E-state index in [-0.39, 0.29) is 18.4 Å². The molecule has 0 heterocycles. The van der Waals surface area contributed by atoms with Gasteiger partial charge in [0, 0.05) is 25.7 Å². The number of nitrogens with one attached hydrogen (secondary N) is 1. The van der Waals surface area contributed by atoms with Crippen molar-refractivity contribution in [1.82, 2.24) is 10.2 Å². The fraction of sp³-hybridized carbons (Fsp3) is 0.188. The van der Waals surface area contributed by atoms with Crippen molar-refractivity contribution in [3.05, 3.63) is 71.5 Å². The number of nitrogens with zero attached hydrogens (tertiary/aromatic N) is 1. The van der Waals surface area contributed by atoms with Crippen LogP contribution in [0.3, 0.4) is 0 Å². The molecule has 4 heteroatoms. The van der Waals surface area contributed by atoms with Gasteiger partial charge < -0.3 is 10.2 Å². The molecule has 0 aromatic heterocycles. The van der Waals surface area contributed by atoms with Crippen LogP contribution in [0.25, 0.3) is 0 Å². The minimum Gasteiger partial charge on any atom is -0.334 e. The highest BCUT2D eigenvalue weighted by molar-refractivity contribution is 5.73. The molecule has 104 valence electrons. The second-order valence-corrected chi connectivity index (χ2v) is 4.59. The van der Waals surface area contributed by atoms with Crippen LogP contribution < -0.4 is 5.32 Å². The van der Waals surface area contributed by atoms with Gasteiger partial charge in [-0.25, -0.2) is 9.18 Å². The van der Waals surface area contributed by atoms with Gasteiger partial charge in [-0.2, -0.15) is 0 Å². The molecule has 2 aromatic carbocycles. The lowest BCUT2D eigenvalue weighted by Gasteiger charge is -2.18. The fourth-order valence-electron chi connectivity index (χ4n) is 1.86. The molecule has 0 aliphatic rings. The number of amides is 2. The third kappa shape index (κ3) is 3.82. The summed E-state index contributed by atoms with van der Waals surface area (Å²) in [5.41, 5.74) is 1.53. The standard InChI is InChI=1S/C16H17FN2O/c1-19(12-14-9-5-6-10-15(14)17)16(20)18-11-13-7-3-2-4-8-13/h2-10H,11-12H2,1H3,(H,18,20). The molecule has 2 aromatic rings. The summed E-state index contributed by atoms with van der Waals surface area (Å²) in [5, 5.41) is 2.80. The Morgan fingerprint density at radius 2 is 1.75 bits per heavy atom. The van der Waals surface area contributed by atoms with E-state index in [2.05, 4.69) is 5.32 Å². The average Bonchev–Trinajstić information content (AvgIpc) is 2.48. The van der Waals surface area contributed by atoms with Gasteiger partial charge in [0.2, 0.25) is 0 Å². The van der Waals surface area contributed by atoms with Crippen molar-refractivity contribution in [2.75, 3.05) is 7.05 Å². The topological polar surface area (TPSA) is 32.3 Å². The first-order valence-corrected chi connectivity index (χ1v) is 6.43. The van der Waals surface area contributed by atoms with Crippen LogP contribution in [0.2, 0.25) is 0 Å². The molecule has 0 saturated carbocycles. The number of carbonyl (C=O) groups excluding carboxylic acids is 1. The van der Waals surface area contributed by atoms with Gasteiger partial charge >= 0.3 is 6.03 Å². The van der Waals surface area contributed by atoms with E-state index in [4.69, 9.17) is 0 Å². The van der Waals surface area contributed by atoms with E-state index in [1.165, 1.54) is 11.0 Å². The Morgan fingerprint density at radius 1 is 1.10 bits per heavy atom. The first-order valence-electron chi connectivity index (χ1n) is 6.43. The second-order valence-electron chi connectivity index (χ2n) is 4.59. The highest BCUT2D eigenvalue weighted by Crippen LogP contribution is 2.09. The maximum Gasteiger partial charge on any atom is 0.317 e. The third-order valence-corrected chi connectivity index (χ3v) is 3.00. The van der Waals surface area contributed by atoms with Crippen LogP contribution in [0.1, 0.15) is 11.1 Å². The highest BCUT2D eigenvalue weighted by atomic mass is 19.1. The summed E-state index contributed by atoms with van der Waals surface area (Å²) < 4.78 is 13.5. The molecule has 0 aliphatic heterocycles. The van der Waals surface area contributed by atoms with Crippen molar-refractivity contribution in [2.45, 2.75) is 13.1 Å². The summed E-state index contributed by atoms with van der Waals surface area (Å²) in [5.74, 6) is -0.296. The summed E-state index contributed by atoms with van der Waals surface area (Å²) in [6, 6.07) is 15.9. The Kier molecular flexibility index (Phi) is 4.71. The number of urea groups is 1. The molecule has 0 atom stereocenters. The molecule has 0 fully saturated rings. The van der Waals surface area contributed by atoms with E-state index >= 15 is 0 Å². The van der Waals surface area contributed by atoms with E-state index in [1.54, 1.807) is 25.2 Å². The number of benzene rings is 2. The van der Waals surface area contributed by atoms with Crippen LogP contribution in [-0.2, 0) is 13.1 Å². The maximum atomic E-state index is 13.5. The normalized spacial score (nSPS) is 10.1. The molecule has 0 saturated heterocycles. The number of carbonyl (C=O) groups is 1. The lowest BCUT2D eigenvalue weighted by Crippen LogP contribution is -2.36. The van der Waals surface area contributed by atoms with Crippen LogP contribution >= 0.6 is 0 Å². The van der Waals surface area contributed by atoms with E-state index in [1.807, 2.05) is 30.3 Å². The molecular formula is C16H17FN2O. The molecule has 20 heavy (non-hydrogen) atoms. The zero-order valence-corrected chi connectivity index (χ0v) is 11.3. The van der Waals surface area contributed by atoms with E-state index in [0.717, 1.165) is 5.56 Å². The Bertz CT molecular complexity index is 572. The van der Waals surface area contributed by atoms with Gasteiger partial charge in [-0.15, -0.1) is 0 Å². The maximum absolute atomic E-state index is 13.5. The summed E-state index contributed by atoms with van der Waals surface area (Å²) >= 11 is 0. The molecule has 2 rings (SSSR count). The monoisotopic (exact) mass is 272 g/mol. The first kappa shape index (κ1) is 14.1. The van der Waals surface area contributed by atoms with E-state index in [0.29, 0.717) is 12.1 Å². The van der Waals surface area contributed by atoms with Crippen molar-refractivity contribution in [3.63, 3.8) is 0 Å². The van der Waals surface area contributed by atoms with Gasteiger partial charge in [0.25, 0.3) is 0 Å². The van der Waals surface area contributed by atoms with Crippen LogP contribution in [0.15, 0.2) is 54.6 Å². The largest absolute Gasteiger partial charge is 0.334 e. The van der Waals surface area contributed by atoms with E-state index < -0.39 is 0 Å². The minimum atomic E-state index is -0.296. The molecular weight excluding hydrogens is 255 g/mol. The smallest absolute Gasteiger partial charge is 0.317 e. The minimum absolute atomic E-state index is 0.225. The Hall–Kier alpha value is -2.36. The van der Waals surface area contributed by atoms with Crippen LogP contribution in [0.4, 0.5) is 9.18 Å². The van der Waals surface area contributed by atoms with Crippen molar-refractivity contribution < 1.29 is 9.18 Å². The van der Waals surface area contributed by atoms with Gasteiger partial charge in [0.15, 0.2) is 0 Å². The molecule has 0 bridgehead atoms. The predicted molar refractivity (Wildman–Crippen MR) is 76.5 cm³/mol. The Labute approximate surface area is 118 Å². The predicted octanol–water partition coefficient (Wildman–Crippen LogP) is 3.17. The summed E-state index contributed by atoms with van der Waals surface area (Å²) in [6.07, 6.45) is 0. The molecule has 3 nitrogen and oxygen atoms in total. The second kappa shape index (κ2) is 6.70. The van der Waals surface area contributed by atoms with Crippen LogP contribution in [0.5, 0.6) is 0 Å².